The Morgan fingerprint density at radius 2 is 1.94 bits per heavy atom. The van der Waals surface area contributed by atoms with Gasteiger partial charge >= 0.3 is 6.36 Å². The fourth-order valence-electron chi connectivity index (χ4n) is 1.01. The van der Waals surface area contributed by atoms with Crippen molar-refractivity contribution in [3.05, 3.63) is 22.7 Å². The summed E-state index contributed by atoms with van der Waals surface area (Å²) < 4.78 is 39.5. The first-order valence-corrected chi connectivity index (χ1v) is 4.23. The smallest absolute Gasteiger partial charge is 0.405 e. The molecule has 16 heavy (non-hydrogen) atoms. The van der Waals surface area contributed by atoms with Crippen molar-refractivity contribution in [1.82, 2.24) is 0 Å². The Bertz CT molecular complexity index is 434. The quantitative estimate of drug-likeness (QED) is 0.792. The molecule has 0 saturated heterocycles. The largest absolute Gasteiger partial charge is 0.573 e. The standard InChI is InChI=1S/C8H6ClF3N2O2/c9-6-3(13)1-2-4(5(6)7(14)15)16-8(10,11)12/h1-2H,13H2,(H2,14,15). The minimum atomic E-state index is -4.94. The van der Waals surface area contributed by atoms with Gasteiger partial charge in [-0.3, -0.25) is 4.79 Å². The number of primary amides is 1. The van der Waals surface area contributed by atoms with Gasteiger partial charge in [0.15, 0.2) is 0 Å². The average molecular weight is 255 g/mol. The van der Waals surface area contributed by atoms with Crippen molar-refractivity contribution in [2.75, 3.05) is 5.73 Å². The van der Waals surface area contributed by atoms with Gasteiger partial charge < -0.3 is 16.2 Å². The average Bonchev–Trinajstić information content (AvgIpc) is 2.08. The number of alkyl halides is 3. The van der Waals surface area contributed by atoms with E-state index >= 15 is 0 Å². The molecule has 88 valence electrons. The number of rotatable bonds is 2. The van der Waals surface area contributed by atoms with Crippen LogP contribution in [0.2, 0.25) is 5.02 Å². The monoisotopic (exact) mass is 254 g/mol. The number of halogens is 4. The van der Waals surface area contributed by atoms with E-state index in [0.29, 0.717) is 0 Å². The van der Waals surface area contributed by atoms with E-state index in [4.69, 9.17) is 23.1 Å². The molecule has 0 unspecified atom stereocenters. The van der Waals surface area contributed by atoms with Gasteiger partial charge in [-0.1, -0.05) is 11.6 Å². The van der Waals surface area contributed by atoms with Gasteiger partial charge in [0.1, 0.15) is 11.3 Å². The number of ether oxygens (including phenoxy) is 1. The van der Waals surface area contributed by atoms with Crippen LogP contribution in [0, 0.1) is 0 Å². The number of hydrogen-bond donors (Lipinski definition) is 2. The lowest BCUT2D eigenvalue weighted by molar-refractivity contribution is -0.274. The van der Waals surface area contributed by atoms with Gasteiger partial charge in [-0.15, -0.1) is 13.2 Å². The normalized spacial score (nSPS) is 11.2. The van der Waals surface area contributed by atoms with E-state index in [1.165, 1.54) is 0 Å². The molecule has 0 aliphatic rings. The highest BCUT2D eigenvalue weighted by Crippen LogP contribution is 2.34. The molecular formula is C8H6ClF3N2O2. The summed E-state index contributed by atoms with van der Waals surface area (Å²) in [6, 6.07) is 1.95. The van der Waals surface area contributed by atoms with Crippen LogP contribution in [-0.2, 0) is 0 Å². The zero-order chi connectivity index (χ0) is 12.5. The van der Waals surface area contributed by atoms with Crippen molar-refractivity contribution >= 4 is 23.2 Å². The van der Waals surface area contributed by atoms with E-state index < -0.39 is 23.6 Å². The second-order valence-electron chi connectivity index (χ2n) is 2.75. The Kier molecular flexibility index (Phi) is 3.18. The molecule has 0 saturated carbocycles. The van der Waals surface area contributed by atoms with Crippen molar-refractivity contribution < 1.29 is 22.7 Å². The van der Waals surface area contributed by atoms with Crippen LogP contribution in [0.3, 0.4) is 0 Å². The minimum absolute atomic E-state index is 0.0648. The lowest BCUT2D eigenvalue weighted by Crippen LogP contribution is -2.21. The molecule has 0 aliphatic carbocycles. The molecule has 0 radical (unpaired) electrons. The fraction of sp³-hybridized carbons (Fsp3) is 0.125. The number of anilines is 1. The minimum Gasteiger partial charge on any atom is -0.405 e. The molecule has 1 aromatic rings. The number of nitrogens with two attached hydrogens (primary N) is 2. The summed E-state index contributed by atoms with van der Waals surface area (Å²) in [7, 11) is 0. The van der Waals surface area contributed by atoms with E-state index in [0.717, 1.165) is 12.1 Å². The first kappa shape index (κ1) is 12.4. The van der Waals surface area contributed by atoms with Crippen molar-refractivity contribution in [1.29, 1.82) is 0 Å². The van der Waals surface area contributed by atoms with Crippen LogP contribution in [0.1, 0.15) is 10.4 Å². The third kappa shape index (κ3) is 2.69. The summed E-state index contributed by atoms with van der Waals surface area (Å²) in [6.07, 6.45) is -4.94. The maximum atomic E-state index is 12.0. The number of hydrogen-bond acceptors (Lipinski definition) is 3. The summed E-state index contributed by atoms with van der Waals surface area (Å²) in [4.78, 5) is 10.9. The maximum absolute atomic E-state index is 12.0. The molecule has 0 bridgehead atoms. The maximum Gasteiger partial charge on any atom is 0.573 e. The molecule has 0 heterocycles. The predicted molar refractivity (Wildman–Crippen MR) is 51.1 cm³/mol. The van der Waals surface area contributed by atoms with Gasteiger partial charge in [-0.25, -0.2) is 0 Å². The lowest BCUT2D eigenvalue weighted by Gasteiger charge is -2.13. The van der Waals surface area contributed by atoms with Gasteiger partial charge in [0.05, 0.1) is 10.7 Å². The van der Waals surface area contributed by atoms with Gasteiger partial charge in [0.2, 0.25) is 0 Å². The summed E-state index contributed by atoms with van der Waals surface area (Å²) in [6.45, 7) is 0. The summed E-state index contributed by atoms with van der Waals surface area (Å²) >= 11 is 5.55. The number of carbonyl (C=O) groups is 1. The Hall–Kier alpha value is -1.63. The Balaban J connectivity index is 3.29. The predicted octanol–water partition coefficient (Wildman–Crippen LogP) is 1.92. The molecular weight excluding hydrogens is 249 g/mol. The Labute approximate surface area is 92.9 Å². The van der Waals surface area contributed by atoms with Crippen LogP contribution in [0.15, 0.2) is 12.1 Å². The molecule has 1 rings (SSSR count). The van der Waals surface area contributed by atoms with Crippen molar-refractivity contribution in [3.63, 3.8) is 0 Å². The van der Waals surface area contributed by atoms with Gasteiger partial charge in [0, 0.05) is 0 Å². The summed E-state index contributed by atoms with van der Waals surface area (Å²) in [5, 5.41) is -0.366. The second-order valence-corrected chi connectivity index (χ2v) is 3.13. The lowest BCUT2D eigenvalue weighted by atomic mass is 10.1. The topological polar surface area (TPSA) is 78.3 Å². The number of nitrogen functional groups attached to an aromatic ring is 1. The van der Waals surface area contributed by atoms with Crippen LogP contribution in [0.5, 0.6) is 5.75 Å². The van der Waals surface area contributed by atoms with E-state index in [2.05, 4.69) is 4.74 Å². The zero-order valence-electron chi connectivity index (χ0n) is 7.64. The van der Waals surface area contributed by atoms with Crippen molar-refractivity contribution in [2.45, 2.75) is 6.36 Å². The van der Waals surface area contributed by atoms with Crippen LogP contribution >= 0.6 is 11.6 Å². The first-order chi connectivity index (χ1) is 7.22. The zero-order valence-corrected chi connectivity index (χ0v) is 8.39. The van der Waals surface area contributed by atoms with Crippen molar-refractivity contribution in [2.24, 2.45) is 5.73 Å². The van der Waals surface area contributed by atoms with Crippen LogP contribution in [-0.4, -0.2) is 12.3 Å². The highest BCUT2D eigenvalue weighted by Gasteiger charge is 2.33. The Morgan fingerprint density at radius 1 is 1.38 bits per heavy atom. The van der Waals surface area contributed by atoms with E-state index in [-0.39, 0.29) is 10.7 Å². The summed E-state index contributed by atoms with van der Waals surface area (Å²) in [5.41, 5.74) is 9.53. The highest BCUT2D eigenvalue weighted by molar-refractivity contribution is 6.36. The van der Waals surface area contributed by atoms with E-state index in [9.17, 15) is 18.0 Å². The molecule has 4 N–H and O–H groups in total. The molecule has 8 heteroatoms. The van der Waals surface area contributed by atoms with Crippen LogP contribution < -0.4 is 16.2 Å². The fourth-order valence-corrected chi connectivity index (χ4v) is 1.26. The second kappa shape index (κ2) is 4.09. The van der Waals surface area contributed by atoms with E-state index in [1.54, 1.807) is 0 Å². The molecule has 0 spiro atoms. The first-order valence-electron chi connectivity index (χ1n) is 3.86. The molecule has 0 atom stereocenters. The Morgan fingerprint density at radius 3 is 2.38 bits per heavy atom. The third-order valence-electron chi connectivity index (χ3n) is 1.61. The van der Waals surface area contributed by atoms with Gasteiger partial charge in [-0.2, -0.15) is 0 Å². The van der Waals surface area contributed by atoms with Gasteiger partial charge in [0.25, 0.3) is 5.91 Å². The molecule has 1 amide bonds. The SMILES string of the molecule is NC(=O)c1c(OC(F)(F)F)ccc(N)c1Cl. The third-order valence-corrected chi connectivity index (χ3v) is 2.01. The molecule has 4 nitrogen and oxygen atoms in total. The summed E-state index contributed by atoms with van der Waals surface area (Å²) in [5.74, 6) is -1.93. The van der Waals surface area contributed by atoms with Crippen LogP contribution in [0.25, 0.3) is 0 Å². The molecule has 0 aromatic heterocycles. The number of benzene rings is 1. The number of carbonyl (C=O) groups excluding carboxylic acids is 1. The van der Waals surface area contributed by atoms with Crippen molar-refractivity contribution in [3.8, 4) is 5.75 Å². The highest BCUT2D eigenvalue weighted by atomic mass is 35.5. The molecule has 0 aliphatic heterocycles. The molecule has 0 fully saturated rings. The van der Waals surface area contributed by atoms with Crippen LogP contribution in [0.4, 0.5) is 18.9 Å². The van der Waals surface area contributed by atoms with Gasteiger partial charge in [-0.05, 0) is 12.1 Å². The number of amides is 1. The molecule has 1 aromatic carbocycles. The van der Waals surface area contributed by atoms with E-state index in [1.807, 2.05) is 0 Å².